The average molecular weight is 641 g/mol. The Morgan fingerprint density at radius 2 is 1.67 bits per heavy atom. The zero-order valence-electron chi connectivity index (χ0n) is 28.0. The second kappa shape index (κ2) is 14.0. The molecule has 1 fully saturated rings. The first-order chi connectivity index (χ1) is 21.1. The summed E-state index contributed by atoms with van der Waals surface area (Å²) in [5.41, 5.74) is 2.90. The number of esters is 2. The number of ether oxygens (including phenoxy) is 2. The van der Waals surface area contributed by atoms with Crippen LogP contribution < -0.4 is 0 Å². The number of carbonyl (C=O) groups excluding carboxylic acids is 2. The highest BCUT2D eigenvalue weighted by Gasteiger charge is 2.53. The molecule has 1 aromatic rings. The number of sulfone groups is 1. The molecule has 3 aliphatic rings. The van der Waals surface area contributed by atoms with Gasteiger partial charge in [-0.05, 0) is 104 Å². The molecule has 0 bridgehead atoms. The Hall–Kier alpha value is -2.71. The van der Waals surface area contributed by atoms with Crippen molar-refractivity contribution in [3.8, 4) is 0 Å². The molecular formula is C37H52O7S. The highest BCUT2D eigenvalue weighted by atomic mass is 32.2. The molecule has 248 valence electrons. The normalized spacial score (nSPS) is 27.1. The van der Waals surface area contributed by atoms with Gasteiger partial charge in [-0.2, -0.15) is 0 Å². The van der Waals surface area contributed by atoms with Crippen LogP contribution in [0.25, 0.3) is 0 Å². The van der Waals surface area contributed by atoms with E-state index in [-0.39, 0.29) is 35.5 Å². The Kier molecular flexibility index (Phi) is 10.9. The Morgan fingerprint density at radius 3 is 2.27 bits per heavy atom. The van der Waals surface area contributed by atoms with E-state index in [9.17, 15) is 23.1 Å². The SMILES string of the molecule is CC(=O)OC1(OC(C)=O)CCCC(/C=C\C2=CCC[C@]3(C)[C@@H]([C@H](C)C(CC(O)C(C)C)S(=O)(=O)c4ccccc4)CC[C@@H]23)=C1C. The summed E-state index contributed by atoms with van der Waals surface area (Å²) < 4.78 is 39.5. The van der Waals surface area contributed by atoms with E-state index >= 15 is 0 Å². The average Bonchev–Trinajstić information content (AvgIpc) is 3.33. The molecular weight excluding hydrogens is 588 g/mol. The molecule has 0 saturated heterocycles. The Labute approximate surface area is 270 Å². The predicted octanol–water partition coefficient (Wildman–Crippen LogP) is 7.50. The molecule has 0 radical (unpaired) electrons. The van der Waals surface area contributed by atoms with Crippen LogP contribution in [0.5, 0.6) is 0 Å². The lowest BCUT2D eigenvalue weighted by Crippen LogP contribution is -2.43. The first-order valence-electron chi connectivity index (χ1n) is 16.6. The lowest BCUT2D eigenvalue weighted by atomic mass is 9.62. The van der Waals surface area contributed by atoms with Gasteiger partial charge in [-0.25, -0.2) is 8.42 Å². The molecule has 1 N–H and O–H groups in total. The third-order valence-corrected chi connectivity index (χ3v) is 13.3. The number of aliphatic hydroxyl groups excluding tert-OH is 1. The summed E-state index contributed by atoms with van der Waals surface area (Å²) in [7, 11) is -3.67. The van der Waals surface area contributed by atoms with Crippen LogP contribution in [0.1, 0.15) is 99.8 Å². The fourth-order valence-corrected chi connectivity index (χ4v) is 10.5. The molecule has 8 heteroatoms. The summed E-state index contributed by atoms with van der Waals surface area (Å²) in [6, 6.07) is 8.68. The summed E-state index contributed by atoms with van der Waals surface area (Å²) >= 11 is 0. The van der Waals surface area contributed by atoms with Crippen molar-refractivity contribution in [1.29, 1.82) is 0 Å². The molecule has 1 saturated carbocycles. The molecule has 0 aliphatic heterocycles. The molecule has 0 spiro atoms. The maximum Gasteiger partial charge on any atom is 0.306 e. The first kappa shape index (κ1) is 35.1. The van der Waals surface area contributed by atoms with E-state index in [2.05, 4.69) is 32.1 Å². The van der Waals surface area contributed by atoms with E-state index < -0.39 is 38.9 Å². The zero-order valence-corrected chi connectivity index (χ0v) is 28.9. The lowest BCUT2D eigenvalue weighted by Gasteiger charge is -2.44. The van der Waals surface area contributed by atoms with Crippen LogP contribution in [0.4, 0.5) is 0 Å². The monoisotopic (exact) mass is 640 g/mol. The lowest BCUT2D eigenvalue weighted by molar-refractivity contribution is -0.216. The quantitative estimate of drug-likeness (QED) is 0.197. The molecule has 1 aromatic carbocycles. The van der Waals surface area contributed by atoms with Gasteiger partial charge in [-0.15, -0.1) is 0 Å². The largest absolute Gasteiger partial charge is 0.418 e. The van der Waals surface area contributed by atoms with E-state index in [1.807, 2.05) is 26.8 Å². The number of carbonyl (C=O) groups is 2. The van der Waals surface area contributed by atoms with Crippen molar-refractivity contribution in [2.75, 3.05) is 0 Å². The fourth-order valence-electron chi connectivity index (χ4n) is 8.37. The van der Waals surface area contributed by atoms with Crippen molar-refractivity contribution in [1.82, 2.24) is 0 Å². The van der Waals surface area contributed by atoms with E-state index in [4.69, 9.17) is 9.47 Å². The van der Waals surface area contributed by atoms with Gasteiger partial charge in [-0.3, -0.25) is 9.59 Å². The third-order valence-electron chi connectivity index (χ3n) is 10.9. The number of hydrogen-bond donors (Lipinski definition) is 1. The summed E-state index contributed by atoms with van der Waals surface area (Å²) in [5, 5.41) is 10.3. The standard InChI is InChI=1S/C37H52O7S/c1-24(2)34(40)23-35(45(41,42)31-15-9-8-10-16-31)25(3)32-19-20-33-30(14-11-21-36(32,33)7)18-17-29-13-12-22-37(26(29)4,43-27(5)38)44-28(6)39/h8-10,14-18,24-25,32-35,40H,11-13,19-23H2,1-7H3/b18-17-/t25-,32+,33-,34?,35?,36+/m0/s1. The highest BCUT2D eigenvalue weighted by molar-refractivity contribution is 7.92. The van der Waals surface area contributed by atoms with E-state index in [1.165, 1.54) is 19.4 Å². The minimum Gasteiger partial charge on any atom is -0.418 e. The number of allylic oxidation sites excluding steroid dienone is 5. The van der Waals surface area contributed by atoms with Crippen molar-refractivity contribution in [3.63, 3.8) is 0 Å². The van der Waals surface area contributed by atoms with Gasteiger partial charge in [0.05, 0.1) is 16.2 Å². The second-order valence-electron chi connectivity index (χ2n) is 14.1. The molecule has 6 atom stereocenters. The van der Waals surface area contributed by atoms with Crippen molar-refractivity contribution >= 4 is 21.8 Å². The molecule has 0 aromatic heterocycles. The van der Waals surface area contributed by atoms with Crippen molar-refractivity contribution < 1.29 is 32.6 Å². The number of hydrogen-bond acceptors (Lipinski definition) is 7. The van der Waals surface area contributed by atoms with Crippen LogP contribution in [-0.2, 0) is 28.9 Å². The van der Waals surface area contributed by atoms with Crippen molar-refractivity contribution in [3.05, 3.63) is 65.3 Å². The van der Waals surface area contributed by atoms with Crippen molar-refractivity contribution in [2.45, 2.75) is 122 Å². The van der Waals surface area contributed by atoms with Gasteiger partial charge in [0.25, 0.3) is 5.79 Å². The van der Waals surface area contributed by atoms with E-state index in [1.54, 1.807) is 24.3 Å². The summed E-state index contributed by atoms with van der Waals surface area (Å²) in [6.07, 6.45) is 11.8. The Bertz CT molecular complexity index is 1420. The minimum absolute atomic E-state index is 0.0371. The number of rotatable bonds is 11. The van der Waals surface area contributed by atoms with Gasteiger partial charge in [-0.1, -0.05) is 64.1 Å². The number of benzene rings is 1. The molecule has 0 heterocycles. The molecule has 45 heavy (non-hydrogen) atoms. The van der Waals surface area contributed by atoms with Gasteiger partial charge in [0, 0.05) is 25.8 Å². The van der Waals surface area contributed by atoms with Crippen molar-refractivity contribution in [2.24, 2.45) is 29.1 Å². The zero-order chi connectivity index (χ0) is 33.2. The van der Waals surface area contributed by atoms with Gasteiger partial charge >= 0.3 is 11.9 Å². The molecule has 2 unspecified atom stereocenters. The van der Waals surface area contributed by atoms with Gasteiger partial charge in [0.2, 0.25) is 0 Å². The fraction of sp³-hybridized carbons (Fsp3) is 0.622. The molecule has 3 aliphatic carbocycles. The van der Waals surface area contributed by atoms with Gasteiger partial charge in [0.15, 0.2) is 9.84 Å². The number of fused-ring (bicyclic) bond motifs is 1. The molecule has 4 rings (SSSR count). The van der Waals surface area contributed by atoms with E-state index in [0.29, 0.717) is 11.3 Å². The maximum absolute atomic E-state index is 14.1. The van der Waals surface area contributed by atoms with Crippen LogP contribution in [0.2, 0.25) is 0 Å². The third kappa shape index (κ3) is 7.32. The van der Waals surface area contributed by atoms with Crippen LogP contribution in [0.15, 0.2) is 70.2 Å². The first-order valence-corrected chi connectivity index (χ1v) is 18.1. The van der Waals surface area contributed by atoms with Crippen LogP contribution in [-0.4, -0.2) is 42.6 Å². The number of aliphatic hydroxyl groups is 1. The van der Waals surface area contributed by atoms with Gasteiger partial charge in [0.1, 0.15) is 0 Å². The highest BCUT2D eigenvalue weighted by Crippen LogP contribution is 2.59. The maximum atomic E-state index is 14.1. The minimum atomic E-state index is -3.67. The summed E-state index contributed by atoms with van der Waals surface area (Å²) in [4.78, 5) is 24.3. The summed E-state index contributed by atoms with van der Waals surface area (Å²) in [6.45, 7) is 12.8. The molecule has 7 nitrogen and oxygen atoms in total. The van der Waals surface area contributed by atoms with Gasteiger partial charge < -0.3 is 14.6 Å². The van der Waals surface area contributed by atoms with Crippen LogP contribution in [0.3, 0.4) is 0 Å². The predicted molar refractivity (Wildman–Crippen MR) is 176 cm³/mol. The van der Waals surface area contributed by atoms with Crippen LogP contribution >= 0.6 is 0 Å². The summed E-state index contributed by atoms with van der Waals surface area (Å²) in [5.74, 6) is -2.08. The molecule has 0 amide bonds. The van der Waals surface area contributed by atoms with Crippen LogP contribution in [0, 0.1) is 29.1 Å². The smallest absolute Gasteiger partial charge is 0.306 e. The topological polar surface area (TPSA) is 107 Å². The Morgan fingerprint density at radius 1 is 1.02 bits per heavy atom. The Balaban J connectivity index is 1.63. The second-order valence-corrected chi connectivity index (χ2v) is 16.2. The van der Waals surface area contributed by atoms with E-state index in [0.717, 1.165) is 49.7 Å².